The van der Waals surface area contributed by atoms with Gasteiger partial charge < -0.3 is 5.32 Å². The number of rotatable bonds is 3. The summed E-state index contributed by atoms with van der Waals surface area (Å²) in [7, 11) is -3.02. The Morgan fingerprint density at radius 1 is 1.47 bits per heavy atom. The van der Waals surface area contributed by atoms with Gasteiger partial charge >= 0.3 is 0 Å². The first kappa shape index (κ1) is 14.5. The molecule has 0 spiro atoms. The molecular weight excluding hydrogens is 284 g/mol. The van der Waals surface area contributed by atoms with Gasteiger partial charge in [-0.25, -0.2) is 13.4 Å². The Balaban J connectivity index is 2.00. The van der Waals surface area contributed by atoms with E-state index in [1.54, 1.807) is 12.4 Å². The second-order valence-electron chi connectivity index (χ2n) is 5.06. The zero-order valence-corrected chi connectivity index (χ0v) is 12.7. The first-order chi connectivity index (χ1) is 8.88. The van der Waals surface area contributed by atoms with Crippen molar-refractivity contribution in [3.8, 4) is 0 Å². The van der Waals surface area contributed by atoms with Gasteiger partial charge in [0.1, 0.15) is 14.7 Å². The van der Waals surface area contributed by atoms with Crippen molar-refractivity contribution in [1.29, 1.82) is 0 Å². The van der Waals surface area contributed by atoms with Gasteiger partial charge in [-0.05, 0) is 26.2 Å². The van der Waals surface area contributed by atoms with Crippen LogP contribution in [-0.2, 0) is 9.84 Å². The Morgan fingerprint density at radius 2 is 2.21 bits per heavy atom. The molecule has 0 bridgehead atoms. The maximum absolute atomic E-state index is 12.1. The molecule has 1 amide bonds. The lowest BCUT2D eigenvalue weighted by atomic mass is 9.95. The first-order valence-corrected chi connectivity index (χ1v) is 9.11. The van der Waals surface area contributed by atoms with Gasteiger partial charge in [-0.2, -0.15) is 0 Å². The van der Waals surface area contributed by atoms with Crippen molar-refractivity contribution in [3.63, 3.8) is 0 Å². The molecule has 0 saturated heterocycles. The number of hydrogen-bond acceptors (Lipinski definition) is 5. The van der Waals surface area contributed by atoms with Crippen LogP contribution < -0.4 is 5.32 Å². The first-order valence-electron chi connectivity index (χ1n) is 6.27. The van der Waals surface area contributed by atoms with Crippen LogP contribution in [0, 0.1) is 6.92 Å². The summed E-state index contributed by atoms with van der Waals surface area (Å²) in [5.41, 5.74) is 2.36. The molecule has 0 unspecified atom stereocenters. The van der Waals surface area contributed by atoms with E-state index in [-0.39, 0.29) is 17.2 Å². The highest BCUT2D eigenvalue weighted by Crippen LogP contribution is 2.24. The van der Waals surface area contributed by atoms with Crippen molar-refractivity contribution in [2.24, 2.45) is 0 Å². The zero-order valence-electron chi connectivity index (χ0n) is 11.0. The summed E-state index contributed by atoms with van der Waals surface area (Å²) in [4.78, 5) is 16.7. The highest BCUT2D eigenvalue weighted by Gasteiger charge is 2.30. The molecule has 0 radical (unpaired) electrons. The molecule has 1 aromatic rings. The monoisotopic (exact) mass is 302 g/mol. The number of amides is 1. The second-order valence-corrected chi connectivity index (χ2v) is 8.24. The number of aromatic nitrogens is 1. The van der Waals surface area contributed by atoms with Crippen molar-refractivity contribution in [3.05, 3.63) is 16.1 Å². The van der Waals surface area contributed by atoms with Crippen LogP contribution in [0.5, 0.6) is 0 Å². The Morgan fingerprint density at radius 3 is 2.79 bits per heavy atom. The summed E-state index contributed by atoms with van der Waals surface area (Å²) in [6.07, 6.45) is 4.17. The Kier molecular flexibility index (Phi) is 4.25. The van der Waals surface area contributed by atoms with E-state index in [1.807, 2.05) is 0 Å². The predicted molar refractivity (Wildman–Crippen MR) is 75.2 cm³/mol. The van der Waals surface area contributed by atoms with Crippen molar-refractivity contribution < 1.29 is 13.2 Å². The number of carbonyl (C=O) groups is 1. The number of thiazole rings is 1. The lowest BCUT2D eigenvalue weighted by Gasteiger charge is -2.28. The van der Waals surface area contributed by atoms with Gasteiger partial charge in [0.05, 0.1) is 16.5 Å². The summed E-state index contributed by atoms with van der Waals surface area (Å²) in [5.74, 6) is -0.140. The molecule has 19 heavy (non-hydrogen) atoms. The average molecular weight is 302 g/mol. The fraction of sp³-hybridized carbons (Fsp3) is 0.667. The Bertz CT molecular complexity index is 565. The highest BCUT2D eigenvalue weighted by atomic mass is 32.2. The van der Waals surface area contributed by atoms with Crippen LogP contribution in [-0.4, -0.2) is 36.9 Å². The molecule has 1 aromatic heterocycles. The van der Waals surface area contributed by atoms with Crippen LogP contribution in [0.2, 0.25) is 0 Å². The smallest absolute Gasteiger partial charge is 0.263 e. The molecular formula is C12H18N2O3S2. The van der Waals surface area contributed by atoms with E-state index in [9.17, 15) is 13.2 Å². The molecule has 106 valence electrons. The van der Waals surface area contributed by atoms with E-state index < -0.39 is 9.84 Å². The van der Waals surface area contributed by atoms with Crippen LogP contribution in [0.15, 0.2) is 5.51 Å². The molecule has 2 atom stereocenters. The Hall–Kier alpha value is -0.950. The molecule has 2 rings (SSSR count). The van der Waals surface area contributed by atoms with Crippen molar-refractivity contribution in [2.75, 3.05) is 6.26 Å². The van der Waals surface area contributed by atoms with E-state index in [4.69, 9.17) is 0 Å². The van der Waals surface area contributed by atoms with Gasteiger partial charge in [-0.1, -0.05) is 6.42 Å². The van der Waals surface area contributed by atoms with Gasteiger partial charge in [0.15, 0.2) is 0 Å². The van der Waals surface area contributed by atoms with Gasteiger partial charge in [-0.15, -0.1) is 11.3 Å². The van der Waals surface area contributed by atoms with Gasteiger partial charge in [0, 0.05) is 12.3 Å². The molecule has 1 aliphatic carbocycles. The van der Waals surface area contributed by atoms with Crippen molar-refractivity contribution in [1.82, 2.24) is 10.3 Å². The molecule has 5 nitrogen and oxygen atoms in total. The van der Waals surface area contributed by atoms with E-state index in [0.717, 1.165) is 18.5 Å². The number of sulfone groups is 1. The third-order valence-electron chi connectivity index (χ3n) is 3.52. The van der Waals surface area contributed by atoms with E-state index in [2.05, 4.69) is 10.3 Å². The molecule has 1 saturated carbocycles. The standard InChI is InChI=1S/C12H18N2O3S2/c1-8-11(18-7-13-8)12(15)14-9-4-3-5-10(6-9)19(2,16)17/h7,9-10H,3-6H2,1-2H3,(H,14,15)/t9-,10+/m0/s1. The fourth-order valence-electron chi connectivity index (χ4n) is 2.44. The molecule has 1 fully saturated rings. The second kappa shape index (κ2) is 5.58. The third kappa shape index (κ3) is 3.54. The molecule has 1 aliphatic rings. The molecule has 0 aliphatic heterocycles. The van der Waals surface area contributed by atoms with Crippen LogP contribution in [0.4, 0.5) is 0 Å². The summed E-state index contributed by atoms with van der Waals surface area (Å²) in [6.45, 7) is 1.80. The fourth-order valence-corrected chi connectivity index (χ4v) is 4.32. The zero-order chi connectivity index (χ0) is 14.0. The lowest BCUT2D eigenvalue weighted by Crippen LogP contribution is -2.41. The minimum atomic E-state index is -3.02. The minimum Gasteiger partial charge on any atom is -0.349 e. The van der Waals surface area contributed by atoms with Crippen LogP contribution in [0.1, 0.15) is 41.0 Å². The predicted octanol–water partition coefficient (Wildman–Crippen LogP) is 1.54. The number of hydrogen-bond donors (Lipinski definition) is 1. The Labute approximate surface area is 117 Å². The number of aryl methyl sites for hydroxylation is 1. The summed E-state index contributed by atoms with van der Waals surface area (Å²) in [5, 5.41) is 2.61. The molecule has 1 heterocycles. The SMILES string of the molecule is Cc1ncsc1C(=O)N[C@H]1CCC[C@@H](S(C)(=O)=O)C1. The topological polar surface area (TPSA) is 76.1 Å². The van der Waals surface area contributed by atoms with Crippen LogP contribution in [0.3, 0.4) is 0 Å². The normalized spacial score (nSPS) is 24.1. The largest absolute Gasteiger partial charge is 0.349 e. The van der Waals surface area contributed by atoms with Gasteiger partial charge in [-0.3, -0.25) is 4.79 Å². The van der Waals surface area contributed by atoms with Crippen LogP contribution in [0.25, 0.3) is 0 Å². The minimum absolute atomic E-state index is 0.0533. The summed E-state index contributed by atoms with van der Waals surface area (Å²) in [6, 6.07) is -0.0533. The maximum atomic E-state index is 12.1. The van der Waals surface area contributed by atoms with E-state index in [1.165, 1.54) is 17.6 Å². The summed E-state index contributed by atoms with van der Waals surface area (Å²) < 4.78 is 23.2. The summed E-state index contributed by atoms with van der Waals surface area (Å²) >= 11 is 1.31. The lowest BCUT2D eigenvalue weighted by molar-refractivity contribution is 0.0931. The van der Waals surface area contributed by atoms with Crippen molar-refractivity contribution in [2.45, 2.75) is 43.9 Å². The maximum Gasteiger partial charge on any atom is 0.263 e. The van der Waals surface area contributed by atoms with Crippen LogP contribution >= 0.6 is 11.3 Å². The molecule has 0 aromatic carbocycles. The number of nitrogens with zero attached hydrogens (tertiary/aromatic N) is 1. The molecule has 7 heteroatoms. The highest BCUT2D eigenvalue weighted by molar-refractivity contribution is 7.91. The number of carbonyl (C=O) groups excluding carboxylic acids is 1. The van der Waals surface area contributed by atoms with E-state index >= 15 is 0 Å². The quantitative estimate of drug-likeness (QED) is 0.919. The van der Waals surface area contributed by atoms with Gasteiger partial charge in [0.2, 0.25) is 0 Å². The van der Waals surface area contributed by atoms with Gasteiger partial charge in [0.25, 0.3) is 5.91 Å². The number of nitrogens with one attached hydrogen (secondary N) is 1. The van der Waals surface area contributed by atoms with Crippen molar-refractivity contribution >= 4 is 27.1 Å². The molecule has 1 N–H and O–H groups in total. The third-order valence-corrected chi connectivity index (χ3v) is 6.09. The van der Waals surface area contributed by atoms with E-state index in [0.29, 0.717) is 17.7 Å². The average Bonchev–Trinajstić information content (AvgIpc) is 2.75.